The largest absolute Gasteiger partial charge is 0.473 e. The molecule has 15 heteroatoms. The Balaban J connectivity index is 2.45. The first kappa shape index (κ1) is 24.0. The van der Waals surface area contributed by atoms with Crippen molar-refractivity contribution in [3.05, 3.63) is 35.2 Å². The Morgan fingerprint density at radius 3 is 2.13 bits per heavy atom. The molecule has 1 aliphatic rings. The van der Waals surface area contributed by atoms with Gasteiger partial charge in [-0.1, -0.05) is 6.07 Å². The molecular formula is C16H9F9N4O2. The molecule has 6 nitrogen and oxygen atoms in total. The number of benzene rings is 1. The van der Waals surface area contributed by atoms with Gasteiger partial charge in [-0.15, -0.1) is 0 Å². The van der Waals surface area contributed by atoms with Gasteiger partial charge in [-0.25, -0.2) is 9.85 Å². The number of nitrogens with zero attached hydrogens (tertiary/aromatic N) is 3. The Hall–Kier alpha value is -3.31. The van der Waals surface area contributed by atoms with Crippen LogP contribution in [0.1, 0.15) is 18.9 Å². The van der Waals surface area contributed by atoms with Crippen molar-refractivity contribution in [3.8, 4) is 0 Å². The molecule has 0 radical (unpaired) electrons. The molecule has 0 saturated heterocycles. The predicted molar refractivity (Wildman–Crippen MR) is 85.7 cm³/mol. The first-order valence-corrected chi connectivity index (χ1v) is 7.87. The van der Waals surface area contributed by atoms with E-state index in [1.807, 2.05) is 0 Å². The second-order valence-electron chi connectivity index (χ2n) is 6.41. The number of anilines is 1. The minimum atomic E-state index is -5.69. The van der Waals surface area contributed by atoms with E-state index >= 15 is 0 Å². The molecule has 0 bridgehead atoms. The topological polar surface area (TPSA) is 66.1 Å². The molecule has 1 aromatic carbocycles. The summed E-state index contributed by atoms with van der Waals surface area (Å²) >= 11 is 0. The predicted octanol–water partition coefficient (Wildman–Crippen LogP) is 4.67. The van der Waals surface area contributed by atoms with Crippen molar-refractivity contribution in [2.75, 3.05) is 5.32 Å². The van der Waals surface area contributed by atoms with Gasteiger partial charge in [0.05, 0.1) is 12.1 Å². The standard InChI is InChI=1S/C16H9F9N4O2/c1-13(6-10(15(20,21)22)28-29(13)12(31)16(23,24)25)11(30)27-7-3-4-9(26-2)8(5-7)14(17,18)19/h3-5H,6H2,1H3,(H,27,30). The van der Waals surface area contributed by atoms with Crippen LogP contribution < -0.4 is 5.32 Å². The average molecular weight is 460 g/mol. The number of hydrogen-bond acceptors (Lipinski definition) is 3. The fourth-order valence-electron chi connectivity index (χ4n) is 2.59. The summed E-state index contributed by atoms with van der Waals surface area (Å²) in [7, 11) is 0. The molecule has 2 amide bonds. The van der Waals surface area contributed by atoms with Crippen LogP contribution in [0.25, 0.3) is 4.85 Å². The van der Waals surface area contributed by atoms with Gasteiger partial charge in [-0.3, -0.25) is 9.59 Å². The van der Waals surface area contributed by atoms with E-state index in [2.05, 4.69) is 9.95 Å². The smallest absolute Gasteiger partial charge is 0.324 e. The van der Waals surface area contributed by atoms with E-state index in [1.54, 1.807) is 5.32 Å². The van der Waals surface area contributed by atoms with E-state index in [-0.39, 0.29) is 6.07 Å². The monoisotopic (exact) mass is 460 g/mol. The summed E-state index contributed by atoms with van der Waals surface area (Å²) < 4.78 is 116. The molecule has 0 spiro atoms. The van der Waals surface area contributed by atoms with Crippen LogP contribution >= 0.6 is 0 Å². The minimum absolute atomic E-state index is 0.283. The molecule has 1 atom stereocenters. The highest BCUT2D eigenvalue weighted by molar-refractivity contribution is 6.07. The van der Waals surface area contributed by atoms with Crippen LogP contribution in [0.15, 0.2) is 23.3 Å². The van der Waals surface area contributed by atoms with Gasteiger partial charge < -0.3 is 5.32 Å². The van der Waals surface area contributed by atoms with Crippen LogP contribution in [0.2, 0.25) is 0 Å². The van der Waals surface area contributed by atoms with Crippen molar-refractivity contribution in [1.29, 1.82) is 0 Å². The number of rotatable bonds is 2. The molecule has 1 aromatic rings. The van der Waals surface area contributed by atoms with E-state index in [0.717, 1.165) is 6.07 Å². The Kier molecular flexibility index (Phi) is 5.74. The molecule has 0 aliphatic carbocycles. The summed E-state index contributed by atoms with van der Waals surface area (Å²) in [4.78, 5) is 26.7. The van der Waals surface area contributed by atoms with Crippen LogP contribution in [0.3, 0.4) is 0 Å². The fourth-order valence-corrected chi connectivity index (χ4v) is 2.59. The molecule has 2 rings (SSSR count). The second kappa shape index (κ2) is 7.43. The van der Waals surface area contributed by atoms with E-state index in [9.17, 15) is 49.1 Å². The van der Waals surface area contributed by atoms with Gasteiger partial charge in [-0.2, -0.15) is 44.6 Å². The van der Waals surface area contributed by atoms with Crippen molar-refractivity contribution < 1.29 is 49.1 Å². The first-order valence-electron chi connectivity index (χ1n) is 7.87. The molecule has 1 unspecified atom stereocenters. The van der Waals surface area contributed by atoms with Gasteiger partial charge in [0.1, 0.15) is 11.3 Å². The lowest BCUT2D eigenvalue weighted by molar-refractivity contribution is -0.190. The van der Waals surface area contributed by atoms with Gasteiger partial charge in [0.15, 0.2) is 5.69 Å². The molecule has 1 aliphatic heterocycles. The van der Waals surface area contributed by atoms with Gasteiger partial charge in [-0.05, 0) is 19.1 Å². The Morgan fingerprint density at radius 2 is 1.68 bits per heavy atom. The highest BCUT2D eigenvalue weighted by Crippen LogP contribution is 2.40. The summed E-state index contributed by atoms with van der Waals surface area (Å²) in [5.74, 6) is -4.53. The molecule has 1 N–H and O–H groups in total. The normalized spacial score (nSPS) is 19.6. The van der Waals surface area contributed by atoms with Crippen molar-refractivity contribution >= 4 is 28.9 Å². The van der Waals surface area contributed by atoms with Gasteiger partial charge >= 0.3 is 24.4 Å². The molecule has 0 fully saturated rings. The maximum Gasteiger partial charge on any atom is 0.473 e. The first-order chi connectivity index (χ1) is 13.9. The van der Waals surface area contributed by atoms with Crippen LogP contribution in [-0.2, 0) is 15.8 Å². The third-order valence-corrected chi connectivity index (χ3v) is 4.13. The number of hydrazone groups is 1. The zero-order valence-corrected chi connectivity index (χ0v) is 15.0. The van der Waals surface area contributed by atoms with Crippen molar-refractivity contribution in [3.63, 3.8) is 0 Å². The zero-order valence-electron chi connectivity index (χ0n) is 15.0. The Bertz CT molecular complexity index is 989. The number of alkyl halides is 9. The van der Waals surface area contributed by atoms with Gasteiger partial charge in [0.2, 0.25) is 0 Å². The number of carbonyl (C=O) groups excluding carboxylic acids is 2. The molecule has 0 aromatic heterocycles. The highest BCUT2D eigenvalue weighted by atomic mass is 19.4. The van der Waals surface area contributed by atoms with Crippen molar-refractivity contribution in [2.24, 2.45) is 5.10 Å². The van der Waals surface area contributed by atoms with Crippen molar-refractivity contribution in [1.82, 2.24) is 5.01 Å². The van der Waals surface area contributed by atoms with E-state index in [4.69, 9.17) is 6.57 Å². The van der Waals surface area contributed by atoms with E-state index < -0.39 is 70.0 Å². The van der Waals surface area contributed by atoms with Crippen molar-refractivity contribution in [2.45, 2.75) is 37.4 Å². The Morgan fingerprint density at radius 1 is 1.10 bits per heavy atom. The summed E-state index contributed by atoms with van der Waals surface area (Å²) in [6.45, 7) is 7.27. The van der Waals surface area contributed by atoms with Gasteiger partial charge in [0, 0.05) is 12.1 Å². The minimum Gasteiger partial charge on any atom is -0.324 e. The fraction of sp³-hybridized carbons (Fsp3) is 0.375. The molecule has 1 heterocycles. The molecule has 168 valence electrons. The second-order valence-corrected chi connectivity index (χ2v) is 6.41. The van der Waals surface area contributed by atoms with Crippen LogP contribution in [0.5, 0.6) is 0 Å². The molecule has 31 heavy (non-hydrogen) atoms. The van der Waals surface area contributed by atoms with E-state index in [1.165, 1.54) is 0 Å². The lowest BCUT2D eigenvalue weighted by atomic mass is 9.93. The maximum atomic E-state index is 13.0. The number of amides is 2. The SMILES string of the molecule is [C-]#[N+]c1ccc(NC(=O)C2(C)CC(C(F)(F)F)=NN2C(=O)C(F)(F)F)cc1C(F)(F)F. The third kappa shape index (κ3) is 4.72. The Labute approximate surface area is 167 Å². The van der Waals surface area contributed by atoms with E-state index in [0.29, 0.717) is 13.0 Å². The average Bonchev–Trinajstić information content (AvgIpc) is 2.98. The number of halogens is 9. The van der Waals surface area contributed by atoms with Gasteiger partial charge in [0.25, 0.3) is 5.91 Å². The molecular weight excluding hydrogens is 451 g/mol. The molecule has 0 saturated carbocycles. The number of hydrogen-bond donors (Lipinski definition) is 1. The lowest BCUT2D eigenvalue weighted by Gasteiger charge is -2.31. The highest BCUT2D eigenvalue weighted by Gasteiger charge is 2.59. The summed E-state index contributed by atoms with van der Waals surface area (Å²) in [5, 5.41) is 3.66. The zero-order chi connectivity index (χ0) is 24.0. The summed E-state index contributed by atoms with van der Waals surface area (Å²) in [6, 6.07) is 1.73. The summed E-state index contributed by atoms with van der Waals surface area (Å²) in [6.07, 6.45) is -17.5. The van der Waals surface area contributed by atoms with Crippen LogP contribution in [0.4, 0.5) is 50.9 Å². The van der Waals surface area contributed by atoms with Crippen LogP contribution in [-0.4, -0.2) is 40.4 Å². The van der Waals surface area contributed by atoms with Crippen LogP contribution in [0, 0.1) is 6.57 Å². The quantitative estimate of drug-likeness (QED) is 0.515. The summed E-state index contributed by atoms with van der Waals surface area (Å²) in [5.41, 5.74) is -7.73. The number of carbonyl (C=O) groups is 2. The maximum absolute atomic E-state index is 13.0. The third-order valence-electron chi connectivity index (χ3n) is 4.13. The lowest BCUT2D eigenvalue weighted by Crippen LogP contribution is -2.55. The number of nitrogens with one attached hydrogen (secondary N) is 1.